The second-order valence-electron chi connectivity index (χ2n) is 8.31. The van der Waals surface area contributed by atoms with E-state index in [4.69, 9.17) is 23.2 Å². The van der Waals surface area contributed by atoms with Gasteiger partial charge in [-0.1, -0.05) is 61.5 Å². The largest absolute Gasteiger partial charge is 0.325 e. The molecular weight excluding hydrogens is 559 g/mol. The molecule has 2 bridgehead atoms. The van der Waals surface area contributed by atoms with Crippen molar-refractivity contribution in [2.75, 3.05) is 11.9 Å². The number of hydrogen-bond acceptors (Lipinski definition) is 3. The molecule has 1 saturated heterocycles. The number of anilines is 1. The Morgan fingerprint density at radius 2 is 1.67 bits per heavy atom. The summed E-state index contributed by atoms with van der Waals surface area (Å²) in [5, 5.41) is 3.71. The Labute approximate surface area is 202 Å². The number of hydrogen-bond donors (Lipinski definition) is 1. The molecule has 2 aliphatic carbocycles. The van der Waals surface area contributed by atoms with Crippen LogP contribution >= 0.6 is 55.1 Å². The second-order valence-corrected chi connectivity index (χ2v) is 11.3. The molecule has 30 heavy (non-hydrogen) atoms. The molecule has 1 aromatic rings. The number of nitrogens with zero attached hydrogens (tertiary/aromatic N) is 1. The molecule has 0 aromatic heterocycles. The minimum Gasteiger partial charge on any atom is -0.325 e. The Morgan fingerprint density at radius 1 is 1.03 bits per heavy atom. The number of alkyl halides is 2. The first-order valence-corrected chi connectivity index (χ1v) is 12.8. The van der Waals surface area contributed by atoms with E-state index in [1.807, 2.05) is 0 Å². The standard InChI is InChI=1S/C21H22Br2Cl2N2O3/c22-18-11-9-12(19(18)23)17-16(11)20(29)27(21(17)30)7-3-1-2-4-15(28)26-14-8-10(24)5-6-13(14)25/h5-6,8,11-12,16-19H,1-4,7,9H2,(H,26,28)/t11-,12+,16-,17-,18-,19+/m0/s1. The van der Waals surface area contributed by atoms with Crippen molar-refractivity contribution in [3.63, 3.8) is 0 Å². The van der Waals surface area contributed by atoms with Crippen LogP contribution in [0.3, 0.4) is 0 Å². The topological polar surface area (TPSA) is 66.5 Å². The number of carbonyl (C=O) groups excluding carboxylic acids is 3. The molecule has 9 heteroatoms. The van der Waals surface area contributed by atoms with Crippen LogP contribution in [0.25, 0.3) is 0 Å². The fourth-order valence-corrected chi connectivity index (χ4v) is 7.38. The van der Waals surface area contributed by atoms with Gasteiger partial charge in [0.25, 0.3) is 0 Å². The summed E-state index contributed by atoms with van der Waals surface area (Å²) in [6, 6.07) is 4.92. The average Bonchev–Trinajstić information content (AvgIpc) is 3.30. The summed E-state index contributed by atoms with van der Waals surface area (Å²) < 4.78 is 0. The Morgan fingerprint density at radius 3 is 2.30 bits per heavy atom. The highest BCUT2D eigenvalue weighted by molar-refractivity contribution is 9.12. The highest BCUT2D eigenvalue weighted by Crippen LogP contribution is 2.60. The van der Waals surface area contributed by atoms with Gasteiger partial charge < -0.3 is 5.32 Å². The number of carbonyl (C=O) groups is 3. The minimum absolute atomic E-state index is 0.00492. The van der Waals surface area contributed by atoms with E-state index in [-0.39, 0.29) is 51.0 Å². The third kappa shape index (κ3) is 4.07. The van der Waals surface area contributed by atoms with Gasteiger partial charge in [-0.25, -0.2) is 0 Å². The normalized spacial score (nSPS) is 32.1. The summed E-state index contributed by atoms with van der Waals surface area (Å²) in [7, 11) is 0. The lowest BCUT2D eigenvalue weighted by Crippen LogP contribution is -2.37. The molecular formula is C21H22Br2Cl2N2O3. The lowest BCUT2D eigenvalue weighted by molar-refractivity contribution is -0.140. The summed E-state index contributed by atoms with van der Waals surface area (Å²) in [5.74, 6) is 0.0261. The van der Waals surface area contributed by atoms with E-state index in [2.05, 4.69) is 37.2 Å². The van der Waals surface area contributed by atoms with Crippen LogP contribution in [0.15, 0.2) is 18.2 Å². The van der Waals surface area contributed by atoms with Crippen molar-refractivity contribution in [3.8, 4) is 0 Å². The first kappa shape index (κ1) is 22.6. The van der Waals surface area contributed by atoms with Crippen LogP contribution in [-0.4, -0.2) is 38.8 Å². The molecule has 3 amide bonds. The first-order chi connectivity index (χ1) is 14.3. The monoisotopic (exact) mass is 578 g/mol. The average molecular weight is 581 g/mol. The number of fused-ring (bicyclic) bond motifs is 5. The number of nitrogens with one attached hydrogen (secondary N) is 1. The maximum atomic E-state index is 12.9. The summed E-state index contributed by atoms with van der Waals surface area (Å²) in [4.78, 5) is 39.8. The van der Waals surface area contributed by atoms with Crippen molar-refractivity contribution in [1.82, 2.24) is 4.90 Å². The summed E-state index contributed by atoms with van der Waals surface area (Å²) in [6.07, 6.45) is 3.42. The van der Waals surface area contributed by atoms with Gasteiger partial charge in [-0.15, -0.1) is 0 Å². The third-order valence-corrected chi connectivity index (χ3v) is 10.3. The molecule has 5 nitrogen and oxygen atoms in total. The van der Waals surface area contributed by atoms with Crippen LogP contribution < -0.4 is 5.32 Å². The van der Waals surface area contributed by atoms with Crippen LogP contribution in [0.2, 0.25) is 10.0 Å². The van der Waals surface area contributed by atoms with Crippen molar-refractivity contribution in [2.24, 2.45) is 23.7 Å². The predicted molar refractivity (Wildman–Crippen MR) is 124 cm³/mol. The van der Waals surface area contributed by atoms with Gasteiger partial charge in [-0.3, -0.25) is 19.3 Å². The van der Waals surface area contributed by atoms with E-state index in [1.165, 1.54) is 4.90 Å². The zero-order valence-corrected chi connectivity index (χ0v) is 20.8. The Bertz CT molecular complexity index is 852. The van der Waals surface area contributed by atoms with E-state index in [9.17, 15) is 14.4 Å². The van der Waals surface area contributed by atoms with E-state index in [0.717, 1.165) is 12.8 Å². The van der Waals surface area contributed by atoms with E-state index in [0.29, 0.717) is 41.5 Å². The molecule has 4 rings (SSSR count). The van der Waals surface area contributed by atoms with Crippen molar-refractivity contribution in [1.29, 1.82) is 0 Å². The highest BCUT2D eigenvalue weighted by atomic mass is 79.9. The highest BCUT2D eigenvalue weighted by Gasteiger charge is 2.66. The third-order valence-electron chi connectivity index (χ3n) is 6.57. The van der Waals surface area contributed by atoms with Gasteiger partial charge in [0.05, 0.1) is 22.5 Å². The smallest absolute Gasteiger partial charge is 0.233 e. The van der Waals surface area contributed by atoms with Crippen LogP contribution in [0.5, 0.6) is 0 Å². The van der Waals surface area contributed by atoms with Crippen LogP contribution in [0, 0.1) is 23.7 Å². The maximum absolute atomic E-state index is 12.9. The van der Waals surface area contributed by atoms with Gasteiger partial charge in [0.2, 0.25) is 17.7 Å². The molecule has 1 aliphatic heterocycles. The Hall–Kier alpha value is -0.630. The van der Waals surface area contributed by atoms with E-state index in [1.54, 1.807) is 18.2 Å². The molecule has 0 unspecified atom stereocenters. The van der Waals surface area contributed by atoms with Crippen LogP contribution in [0.4, 0.5) is 5.69 Å². The van der Waals surface area contributed by atoms with Crippen LogP contribution in [-0.2, 0) is 14.4 Å². The zero-order chi connectivity index (χ0) is 21.6. The summed E-state index contributed by atoms with van der Waals surface area (Å²) in [5.41, 5.74) is 0.499. The number of amides is 3. The molecule has 3 fully saturated rings. The number of likely N-dealkylation sites (tertiary alicyclic amines) is 1. The molecule has 0 radical (unpaired) electrons. The molecule has 1 N–H and O–H groups in total. The summed E-state index contributed by atoms with van der Waals surface area (Å²) in [6.45, 7) is 0.436. The number of imide groups is 1. The predicted octanol–water partition coefficient (Wildman–Crippen LogP) is 5.27. The number of halogens is 4. The van der Waals surface area contributed by atoms with Gasteiger partial charge in [-0.05, 0) is 49.3 Å². The molecule has 2 saturated carbocycles. The van der Waals surface area contributed by atoms with Crippen molar-refractivity contribution < 1.29 is 14.4 Å². The van der Waals surface area contributed by atoms with Crippen molar-refractivity contribution in [3.05, 3.63) is 28.2 Å². The molecule has 1 aromatic carbocycles. The van der Waals surface area contributed by atoms with Gasteiger partial charge in [0.1, 0.15) is 0 Å². The lowest BCUT2D eigenvalue weighted by atomic mass is 9.81. The molecule has 1 heterocycles. The van der Waals surface area contributed by atoms with Crippen LogP contribution in [0.1, 0.15) is 32.1 Å². The molecule has 0 spiro atoms. The quantitative estimate of drug-likeness (QED) is 0.271. The fraction of sp³-hybridized carbons (Fsp3) is 0.571. The molecule has 6 atom stereocenters. The first-order valence-electron chi connectivity index (χ1n) is 10.2. The maximum Gasteiger partial charge on any atom is 0.233 e. The van der Waals surface area contributed by atoms with E-state index >= 15 is 0 Å². The summed E-state index contributed by atoms with van der Waals surface area (Å²) >= 11 is 19.4. The lowest BCUT2D eigenvalue weighted by Gasteiger charge is -2.28. The fourth-order valence-electron chi connectivity index (χ4n) is 5.17. The van der Waals surface area contributed by atoms with Gasteiger partial charge in [-0.2, -0.15) is 0 Å². The molecule has 3 aliphatic rings. The van der Waals surface area contributed by atoms with E-state index < -0.39 is 0 Å². The number of unbranched alkanes of at least 4 members (excludes halogenated alkanes) is 2. The Kier molecular flexibility index (Phi) is 6.83. The zero-order valence-electron chi connectivity index (χ0n) is 16.1. The van der Waals surface area contributed by atoms with Crippen molar-refractivity contribution in [2.45, 2.75) is 41.8 Å². The van der Waals surface area contributed by atoms with Gasteiger partial charge >= 0.3 is 0 Å². The Balaban J connectivity index is 1.22. The number of rotatable bonds is 7. The van der Waals surface area contributed by atoms with Crippen molar-refractivity contribution >= 4 is 78.5 Å². The van der Waals surface area contributed by atoms with Gasteiger partial charge in [0.15, 0.2) is 0 Å². The SMILES string of the molecule is O=C(CCCCCN1C(=O)[C@H]2[C@@H]3C[C@@H]([C@@H](Br)[C@H]3Br)[C@@H]2C1=O)Nc1cc(Cl)ccc1Cl. The van der Waals surface area contributed by atoms with Gasteiger partial charge in [0, 0.05) is 27.6 Å². The number of benzene rings is 1. The molecule has 162 valence electrons. The second kappa shape index (κ2) is 9.08. The minimum atomic E-state index is -0.158.